The predicted molar refractivity (Wildman–Crippen MR) is 99.1 cm³/mol. The van der Waals surface area contributed by atoms with E-state index in [9.17, 15) is 9.59 Å². The maximum atomic E-state index is 12.5. The van der Waals surface area contributed by atoms with Gasteiger partial charge in [-0.3, -0.25) is 9.59 Å². The standard InChI is InChI=1S/C20H25N3O4/c1-13(2)18(23-19(24)16-4-3-9-26-16)20(25)22-11-15-7-8-17(21-10-15)27-12-14-5-6-14/h3-4,7-10,13-14,18H,5-6,11-12H2,1-2H3,(H,22,25)(H,23,24). The molecule has 2 N–H and O–H groups in total. The molecule has 2 amide bonds. The Morgan fingerprint density at radius 2 is 2.11 bits per heavy atom. The van der Waals surface area contributed by atoms with E-state index in [4.69, 9.17) is 9.15 Å². The van der Waals surface area contributed by atoms with Gasteiger partial charge in [-0.25, -0.2) is 4.98 Å². The van der Waals surface area contributed by atoms with Crippen LogP contribution in [-0.4, -0.2) is 29.4 Å². The number of hydrogen-bond acceptors (Lipinski definition) is 5. The lowest BCUT2D eigenvalue weighted by Crippen LogP contribution is -2.49. The number of carbonyl (C=O) groups is 2. The molecule has 1 saturated carbocycles. The second-order valence-electron chi connectivity index (χ2n) is 7.15. The molecule has 1 atom stereocenters. The molecule has 1 fully saturated rings. The van der Waals surface area contributed by atoms with Gasteiger partial charge >= 0.3 is 0 Å². The molecule has 1 unspecified atom stereocenters. The van der Waals surface area contributed by atoms with E-state index in [-0.39, 0.29) is 17.6 Å². The summed E-state index contributed by atoms with van der Waals surface area (Å²) in [6, 6.07) is 6.22. The van der Waals surface area contributed by atoms with Gasteiger partial charge < -0.3 is 19.8 Å². The molecule has 0 bridgehead atoms. The zero-order chi connectivity index (χ0) is 19.2. The van der Waals surface area contributed by atoms with Gasteiger partial charge in [0.2, 0.25) is 11.8 Å². The Hall–Kier alpha value is -2.83. The van der Waals surface area contributed by atoms with Crippen LogP contribution in [0.25, 0.3) is 0 Å². The van der Waals surface area contributed by atoms with Crippen LogP contribution in [0.3, 0.4) is 0 Å². The average molecular weight is 371 g/mol. The maximum absolute atomic E-state index is 12.5. The second kappa shape index (κ2) is 8.70. The Morgan fingerprint density at radius 3 is 2.70 bits per heavy atom. The monoisotopic (exact) mass is 371 g/mol. The fourth-order valence-electron chi connectivity index (χ4n) is 2.54. The van der Waals surface area contributed by atoms with Crippen molar-refractivity contribution in [2.45, 2.75) is 39.3 Å². The minimum Gasteiger partial charge on any atom is -0.477 e. The van der Waals surface area contributed by atoms with Crippen LogP contribution >= 0.6 is 0 Å². The van der Waals surface area contributed by atoms with Crippen LogP contribution in [0.5, 0.6) is 5.88 Å². The molecule has 144 valence electrons. The Bertz CT molecular complexity index is 752. The molecule has 0 spiro atoms. The fraction of sp³-hybridized carbons (Fsp3) is 0.450. The summed E-state index contributed by atoms with van der Waals surface area (Å²) in [6.45, 7) is 4.80. The molecular weight excluding hydrogens is 346 g/mol. The molecule has 1 aliphatic rings. The Morgan fingerprint density at radius 1 is 1.30 bits per heavy atom. The third-order valence-electron chi connectivity index (χ3n) is 4.41. The van der Waals surface area contributed by atoms with Crippen molar-refractivity contribution in [1.29, 1.82) is 0 Å². The normalized spacial score (nSPS) is 14.6. The first-order valence-corrected chi connectivity index (χ1v) is 9.22. The Labute approximate surface area is 158 Å². The van der Waals surface area contributed by atoms with Crippen molar-refractivity contribution in [3.05, 3.63) is 48.0 Å². The molecule has 27 heavy (non-hydrogen) atoms. The van der Waals surface area contributed by atoms with Crippen molar-refractivity contribution in [3.8, 4) is 5.88 Å². The first kappa shape index (κ1) is 18.9. The van der Waals surface area contributed by atoms with Crippen LogP contribution in [0, 0.1) is 11.8 Å². The molecule has 0 saturated heterocycles. The third-order valence-corrected chi connectivity index (χ3v) is 4.41. The third kappa shape index (κ3) is 5.57. The number of furan rings is 1. The summed E-state index contributed by atoms with van der Waals surface area (Å²) >= 11 is 0. The van der Waals surface area contributed by atoms with E-state index in [1.807, 2.05) is 26.0 Å². The van der Waals surface area contributed by atoms with Crippen molar-refractivity contribution < 1.29 is 18.7 Å². The summed E-state index contributed by atoms with van der Waals surface area (Å²) in [5, 5.41) is 5.56. The van der Waals surface area contributed by atoms with E-state index < -0.39 is 11.9 Å². The second-order valence-corrected chi connectivity index (χ2v) is 7.15. The van der Waals surface area contributed by atoms with Gasteiger partial charge in [0.25, 0.3) is 5.91 Å². The number of nitrogens with one attached hydrogen (secondary N) is 2. The van der Waals surface area contributed by atoms with Gasteiger partial charge in [-0.15, -0.1) is 0 Å². The number of ether oxygens (including phenoxy) is 1. The smallest absolute Gasteiger partial charge is 0.287 e. The number of hydrogen-bond donors (Lipinski definition) is 2. The predicted octanol–water partition coefficient (Wildman–Crippen LogP) is 2.53. The molecule has 2 aromatic heterocycles. The zero-order valence-electron chi connectivity index (χ0n) is 15.6. The van der Waals surface area contributed by atoms with E-state index in [2.05, 4.69) is 15.6 Å². The van der Waals surface area contributed by atoms with E-state index in [0.29, 0.717) is 24.9 Å². The quantitative estimate of drug-likeness (QED) is 0.706. The fourth-order valence-corrected chi connectivity index (χ4v) is 2.54. The van der Waals surface area contributed by atoms with Gasteiger partial charge in [0.05, 0.1) is 12.9 Å². The topological polar surface area (TPSA) is 93.5 Å². The maximum Gasteiger partial charge on any atom is 0.287 e. The van der Waals surface area contributed by atoms with Crippen LogP contribution < -0.4 is 15.4 Å². The lowest BCUT2D eigenvalue weighted by molar-refractivity contribution is -0.124. The highest BCUT2D eigenvalue weighted by Gasteiger charge is 2.25. The molecule has 1 aliphatic carbocycles. The lowest BCUT2D eigenvalue weighted by atomic mass is 10.0. The van der Waals surface area contributed by atoms with Crippen molar-refractivity contribution in [1.82, 2.24) is 15.6 Å². The summed E-state index contributed by atoms with van der Waals surface area (Å²) in [5.41, 5.74) is 0.863. The van der Waals surface area contributed by atoms with Crippen LogP contribution in [-0.2, 0) is 11.3 Å². The molecule has 3 rings (SSSR count). The molecule has 2 heterocycles. The van der Waals surface area contributed by atoms with Crippen LogP contribution in [0.15, 0.2) is 41.1 Å². The Balaban J connectivity index is 1.50. The number of aromatic nitrogens is 1. The molecule has 7 heteroatoms. The van der Waals surface area contributed by atoms with Gasteiger partial charge in [0, 0.05) is 18.8 Å². The highest BCUT2D eigenvalue weighted by Crippen LogP contribution is 2.29. The number of amides is 2. The summed E-state index contributed by atoms with van der Waals surface area (Å²) in [7, 11) is 0. The number of pyridine rings is 1. The van der Waals surface area contributed by atoms with Gasteiger partial charge in [0.15, 0.2) is 5.76 Å². The number of nitrogens with zero attached hydrogens (tertiary/aromatic N) is 1. The Kier molecular flexibility index (Phi) is 6.11. The van der Waals surface area contributed by atoms with Crippen LogP contribution in [0.4, 0.5) is 0 Å². The van der Waals surface area contributed by atoms with Gasteiger partial charge in [-0.1, -0.05) is 19.9 Å². The minimum atomic E-state index is -0.656. The lowest BCUT2D eigenvalue weighted by Gasteiger charge is -2.21. The van der Waals surface area contributed by atoms with Gasteiger partial charge in [0.1, 0.15) is 6.04 Å². The van der Waals surface area contributed by atoms with Crippen molar-refractivity contribution in [3.63, 3.8) is 0 Å². The van der Waals surface area contributed by atoms with Gasteiger partial charge in [-0.2, -0.15) is 0 Å². The number of carbonyl (C=O) groups excluding carboxylic acids is 2. The summed E-state index contributed by atoms with van der Waals surface area (Å²) in [4.78, 5) is 28.9. The van der Waals surface area contributed by atoms with E-state index in [1.54, 1.807) is 18.3 Å². The minimum absolute atomic E-state index is 0.0692. The largest absolute Gasteiger partial charge is 0.477 e. The van der Waals surface area contributed by atoms with Gasteiger partial charge in [-0.05, 0) is 42.4 Å². The average Bonchev–Trinajstić information content (AvgIpc) is 3.33. The van der Waals surface area contributed by atoms with Crippen LogP contribution in [0.2, 0.25) is 0 Å². The zero-order valence-corrected chi connectivity index (χ0v) is 15.6. The van der Waals surface area contributed by atoms with E-state index >= 15 is 0 Å². The first-order valence-electron chi connectivity index (χ1n) is 9.22. The summed E-state index contributed by atoms with van der Waals surface area (Å²) in [6.07, 6.45) is 5.58. The molecule has 0 radical (unpaired) electrons. The summed E-state index contributed by atoms with van der Waals surface area (Å²) in [5.74, 6) is 0.726. The van der Waals surface area contributed by atoms with Crippen LogP contribution in [0.1, 0.15) is 42.8 Å². The first-order chi connectivity index (χ1) is 13.0. The molecule has 2 aromatic rings. The highest BCUT2D eigenvalue weighted by atomic mass is 16.5. The highest BCUT2D eigenvalue weighted by molar-refractivity contribution is 5.95. The molecule has 0 aliphatic heterocycles. The molecular formula is C20H25N3O4. The SMILES string of the molecule is CC(C)C(NC(=O)c1ccco1)C(=O)NCc1ccc(OCC2CC2)nc1. The van der Waals surface area contributed by atoms with E-state index in [0.717, 1.165) is 5.56 Å². The van der Waals surface area contributed by atoms with Crippen molar-refractivity contribution in [2.24, 2.45) is 11.8 Å². The van der Waals surface area contributed by atoms with E-state index in [1.165, 1.54) is 19.1 Å². The molecule has 0 aromatic carbocycles. The molecule has 7 nitrogen and oxygen atoms in total. The van der Waals surface area contributed by atoms with Crippen molar-refractivity contribution >= 4 is 11.8 Å². The summed E-state index contributed by atoms with van der Waals surface area (Å²) < 4.78 is 10.7. The number of rotatable bonds is 9. The van der Waals surface area contributed by atoms with Crippen molar-refractivity contribution in [2.75, 3.05) is 6.61 Å².